The third kappa shape index (κ3) is 2.94. The number of nitrogens with one attached hydrogen (secondary N) is 2. The number of amides is 1. The molecule has 0 bridgehead atoms. The first kappa shape index (κ1) is 19.6. The molecule has 150 valence electrons. The zero-order valence-corrected chi connectivity index (χ0v) is 17.3. The molecule has 2 aromatic rings. The molecule has 1 fully saturated rings. The molecule has 0 aliphatic carbocycles. The number of benzene rings is 2. The smallest absolute Gasteiger partial charge is 0.256 e. The minimum Gasteiger partial charge on any atom is -0.489 e. The van der Waals surface area contributed by atoms with Crippen LogP contribution in [0.5, 0.6) is 5.75 Å². The second kappa shape index (κ2) is 7.27. The summed E-state index contributed by atoms with van der Waals surface area (Å²) in [6.07, 6.45) is 1.62. The largest absolute Gasteiger partial charge is 0.489 e. The van der Waals surface area contributed by atoms with E-state index in [1.54, 1.807) is 36.4 Å². The van der Waals surface area contributed by atoms with Gasteiger partial charge in [0.1, 0.15) is 12.4 Å². The number of fused-ring (bicyclic) bond motifs is 2. The lowest BCUT2D eigenvalue weighted by Gasteiger charge is -2.26. The van der Waals surface area contributed by atoms with Gasteiger partial charge in [-0.15, -0.1) is 0 Å². The van der Waals surface area contributed by atoms with E-state index < -0.39 is 23.4 Å². The molecule has 2 heterocycles. The van der Waals surface area contributed by atoms with E-state index in [1.807, 2.05) is 19.1 Å². The predicted octanol–water partition coefficient (Wildman–Crippen LogP) is 3.58. The zero-order chi connectivity index (χ0) is 20.8. The molecule has 2 aliphatic rings. The number of nitro groups is 1. The van der Waals surface area contributed by atoms with Crippen LogP contribution in [0.1, 0.15) is 24.0 Å². The summed E-state index contributed by atoms with van der Waals surface area (Å²) in [5, 5.41) is 18.5. The highest BCUT2D eigenvalue weighted by atomic mass is 79.9. The van der Waals surface area contributed by atoms with E-state index in [2.05, 4.69) is 33.1 Å². The van der Waals surface area contributed by atoms with Gasteiger partial charge in [-0.2, -0.15) is 0 Å². The molecule has 1 saturated heterocycles. The van der Waals surface area contributed by atoms with Crippen LogP contribution in [0.25, 0.3) is 0 Å². The number of halogens is 1. The van der Waals surface area contributed by atoms with Crippen molar-refractivity contribution in [1.29, 1.82) is 0 Å². The quantitative estimate of drug-likeness (QED) is 0.406. The van der Waals surface area contributed by atoms with E-state index in [4.69, 9.17) is 4.74 Å². The van der Waals surface area contributed by atoms with Crippen molar-refractivity contribution in [1.82, 2.24) is 5.32 Å². The van der Waals surface area contributed by atoms with Crippen LogP contribution in [0.3, 0.4) is 0 Å². The molecular weight excluding hydrogens is 438 g/mol. The standard InChI is InChI=1S/C21H20BrN3O4/c1-3-10-29-17-9-8-13(22)11-14(17)18-12(2)24-21(19(18)25(27)28)15-6-4-5-7-16(15)23-20(21)26/h3-9,11-12,18-19,24H,1,10H2,2H3,(H,23,26)/t12-,18-,19-,21+/m0/s1. The lowest BCUT2D eigenvalue weighted by atomic mass is 9.78. The highest BCUT2D eigenvalue weighted by molar-refractivity contribution is 9.10. The Kier molecular flexibility index (Phi) is 4.92. The number of ether oxygens (including phenoxy) is 1. The highest BCUT2D eigenvalue weighted by Crippen LogP contribution is 2.51. The Hall–Kier alpha value is -2.71. The molecule has 4 atom stereocenters. The van der Waals surface area contributed by atoms with E-state index in [0.29, 0.717) is 22.6 Å². The molecule has 4 rings (SSSR count). The van der Waals surface area contributed by atoms with E-state index in [1.165, 1.54) is 0 Å². The lowest BCUT2D eigenvalue weighted by molar-refractivity contribution is -0.532. The monoisotopic (exact) mass is 457 g/mol. The Morgan fingerprint density at radius 1 is 1.34 bits per heavy atom. The van der Waals surface area contributed by atoms with Gasteiger partial charge in [-0.25, -0.2) is 0 Å². The molecule has 1 spiro atoms. The second-order valence-corrected chi connectivity index (χ2v) is 8.19. The van der Waals surface area contributed by atoms with Crippen LogP contribution in [0.2, 0.25) is 0 Å². The molecule has 8 heteroatoms. The maximum atomic E-state index is 13.1. The maximum Gasteiger partial charge on any atom is 0.256 e. The van der Waals surface area contributed by atoms with Gasteiger partial charge in [-0.05, 0) is 31.2 Å². The number of nitrogens with zero attached hydrogens (tertiary/aromatic N) is 1. The van der Waals surface area contributed by atoms with Gasteiger partial charge < -0.3 is 10.1 Å². The SMILES string of the molecule is C=CCOc1ccc(Br)cc1[C@@H]1[C@H](C)N[C@@]2(C(=O)Nc3ccccc32)[C@H]1[N+](=O)[O-]. The second-order valence-electron chi connectivity index (χ2n) is 7.28. The lowest BCUT2D eigenvalue weighted by Crippen LogP contribution is -2.54. The van der Waals surface area contributed by atoms with Gasteiger partial charge >= 0.3 is 0 Å². The minimum atomic E-state index is -1.44. The molecule has 2 N–H and O–H groups in total. The fourth-order valence-electron chi connectivity index (χ4n) is 4.58. The van der Waals surface area contributed by atoms with Crippen LogP contribution in [0.4, 0.5) is 5.69 Å². The van der Waals surface area contributed by atoms with Crippen LogP contribution in [-0.4, -0.2) is 29.5 Å². The molecular formula is C21H20BrN3O4. The van der Waals surface area contributed by atoms with Crippen LogP contribution < -0.4 is 15.4 Å². The fraction of sp³-hybridized carbons (Fsp3) is 0.286. The van der Waals surface area contributed by atoms with Gasteiger partial charge in [0.15, 0.2) is 5.54 Å². The number of para-hydroxylation sites is 1. The number of anilines is 1. The van der Waals surface area contributed by atoms with Crippen molar-refractivity contribution in [2.75, 3.05) is 11.9 Å². The number of rotatable bonds is 5. The van der Waals surface area contributed by atoms with Crippen LogP contribution in [0, 0.1) is 10.1 Å². The Morgan fingerprint density at radius 2 is 2.10 bits per heavy atom. The first-order valence-corrected chi connectivity index (χ1v) is 10.0. The third-order valence-corrected chi connectivity index (χ3v) is 6.14. The zero-order valence-electron chi connectivity index (χ0n) is 15.7. The van der Waals surface area contributed by atoms with Gasteiger partial charge in [-0.3, -0.25) is 20.2 Å². The first-order valence-electron chi connectivity index (χ1n) is 9.25. The van der Waals surface area contributed by atoms with Crippen molar-refractivity contribution in [2.45, 2.75) is 30.5 Å². The summed E-state index contributed by atoms with van der Waals surface area (Å²) in [4.78, 5) is 25.1. The Labute approximate surface area is 176 Å². The van der Waals surface area contributed by atoms with Crippen molar-refractivity contribution in [3.8, 4) is 5.75 Å². The summed E-state index contributed by atoms with van der Waals surface area (Å²) >= 11 is 3.46. The molecule has 7 nitrogen and oxygen atoms in total. The van der Waals surface area contributed by atoms with Crippen molar-refractivity contribution in [3.63, 3.8) is 0 Å². The summed E-state index contributed by atoms with van der Waals surface area (Å²) in [5.74, 6) is -0.445. The van der Waals surface area contributed by atoms with E-state index in [9.17, 15) is 14.9 Å². The van der Waals surface area contributed by atoms with Gasteiger partial charge in [0.05, 0.1) is 5.92 Å². The number of carbonyl (C=O) groups excluding carboxylic acids is 1. The number of hydrogen-bond acceptors (Lipinski definition) is 5. The molecule has 0 aromatic heterocycles. The first-order chi connectivity index (χ1) is 13.9. The molecule has 2 aromatic carbocycles. The van der Waals surface area contributed by atoms with Crippen LogP contribution in [0.15, 0.2) is 59.6 Å². The molecule has 0 unspecified atom stereocenters. The maximum absolute atomic E-state index is 13.1. The van der Waals surface area contributed by atoms with Crippen molar-refractivity contribution in [3.05, 3.63) is 80.8 Å². The molecule has 29 heavy (non-hydrogen) atoms. The average molecular weight is 458 g/mol. The topological polar surface area (TPSA) is 93.5 Å². The molecule has 1 amide bonds. The van der Waals surface area contributed by atoms with Crippen molar-refractivity contribution < 1.29 is 14.5 Å². The Bertz CT molecular complexity index is 1010. The normalized spacial score (nSPS) is 27.5. The minimum absolute atomic E-state index is 0.279. The van der Waals surface area contributed by atoms with Gasteiger partial charge in [0, 0.05) is 32.3 Å². The molecule has 2 aliphatic heterocycles. The molecule has 0 radical (unpaired) electrons. The summed E-state index contributed by atoms with van der Waals surface area (Å²) in [6.45, 7) is 5.81. The summed E-state index contributed by atoms with van der Waals surface area (Å²) in [5.41, 5.74) is 0.436. The van der Waals surface area contributed by atoms with E-state index >= 15 is 0 Å². The van der Waals surface area contributed by atoms with Crippen molar-refractivity contribution in [2.24, 2.45) is 0 Å². The van der Waals surface area contributed by atoms with Gasteiger partial charge in [-0.1, -0.05) is 46.8 Å². The van der Waals surface area contributed by atoms with Gasteiger partial charge in [0.25, 0.3) is 11.9 Å². The van der Waals surface area contributed by atoms with Crippen molar-refractivity contribution >= 4 is 27.5 Å². The number of carbonyl (C=O) groups is 1. The Morgan fingerprint density at radius 3 is 2.83 bits per heavy atom. The summed E-state index contributed by atoms with van der Waals surface area (Å²) in [7, 11) is 0. The summed E-state index contributed by atoms with van der Waals surface area (Å²) in [6, 6.07) is 11.0. The van der Waals surface area contributed by atoms with Crippen LogP contribution >= 0.6 is 15.9 Å². The van der Waals surface area contributed by atoms with Crippen LogP contribution in [-0.2, 0) is 10.3 Å². The predicted molar refractivity (Wildman–Crippen MR) is 113 cm³/mol. The summed E-state index contributed by atoms with van der Waals surface area (Å²) < 4.78 is 6.57. The average Bonchev–Trinajstić information content (AvgIpc) is 3.15. The van der Waals surface area contributed by atoms with Gasteiger partial charge in [0.2, 0.25) is 0 Å². The molecule has 0 saturated carbocycles. The van der Waals surface area contributed by atoms with E-state index in [0.717, 1.165) is 4.47 Å². The third-order valence-electron chi connectivity index (χ3n) is 5.65. The number of hydrogen-bond donors (Lipinski definition) is 2. The highest BCUT2D eigenvalue weighted by Gasteiger charge is 2.67. The fourth-order valence-corrected chi connectivity index (χ4v) is 4.96. The Balaban J connectivity index is 1.89. The van der Waals surface area contributed by atoms with E-state index in [-0.39, 0.29) is 17.6 Å².